The molecule has 0 aliphatic heterocycles. The van der Waals surface area contributed by atoms with Crippen LogP contribution in [0.1, 0.15) is 26.3 Å². The summed E-state index contributed by atoms with van der Waals surface area (Å²) in [5.74, 6) is 1.13. The van der Waals surface area contributed by atoms with Crippen LogP contribution in [0.5, 0.6) is 5.75 Å². The van der Waals surface area contributed by atoms with Crippen LogP contribution in [0.15, 0.2) is 97.2 Å². The Morgan fingerprint density at radius 1 is 0.703 bits per heavy atom. The lowest BCUT2D eigenvalue weighted by molar-refractivity contribution is 0.477. The summed E-state index contributed by atoms with van der Waals surface area (Å²) in [7, 11) is 2.04. The molecule has 0 bridgehead atoms. The summed E-state index contributed by atoms with van der Waals surface area (Å²) in [5.41, 5.74) is 9.15. The summed E-state index contributed by atoms with van der Waals surface area (Å²) in [4.78, 5) is 9.83. The summed E-state index contributed by atoms with van der Waals surface area (Å²) < 4.78 is 2.12. The third-order valence-corrected chi connectivity index (χ3v) is 7.11. The molecule has 0 atom stereocenters. The fraction of sp³-hybridized carbons (Fsp3) is 0.152. The van der Waals surface area contributed by atoms with Gasteiger partial charge in [-0.1, -0.05) is 75.4 Å². The molecule has 0 amide bonds. The van der Waals surface area contributed by atoms with Crippen molar-refractivity contribution in [2.45, 2.75) is 26.2 Å². The molecule has 0 radical (unpaired) electrons. The number of phenols is 1. The number of para-hydroxylation sites is 2. The molecule has 0 fully saturated rings. The zero-order valence-corrected chi connectivity index (χ0v) is 21.5. The van der Waals surface area contributed by atoms with Crippen LogP contribution in [0, 0.1) is 0 Å². The van der Waals surface area contributed by atoms with Crippen LogP contribution in [0.25, 0.3) is 55.6 Å². The van der Waals surface area contributed by atoms with Gasteiger partial charge in [-0.15, -0.1) is 0 Å². The van der Waals surface area contributed by atoms with Gasteiger partial charge in [-0.2, -0.15) is 0 Å². The molecule has 4 aromatic carbocycles. The van der Waals surface area contributed by atoms with E-state index in [-0.39, 0.29) is 11.2 Å². The van der Waals surface area contributed by atoms with Crippen molar-refractivity contribution in [3.05, 3.63) is 103 Å². The first-order valence-electron chi connectivity index (χ1n) is 12.5. The molecule has 182 valence electrons. The second kappa shape index (κ2) is 8.59. The van der Waals surface area contributed by atoms with Gasteiger partial charge in [0.15, 0.2) is 0 Å². The van der Waals surface area contributed by atoms with Crippen LogP contribution in [0.4, 0.5) is 0 Å². The van der Waals surface area contributed by atoms with Gasteiger partial charge in [-0.3, -0.25) is 4.98 Å². The SMILES string of the molecule is Cn1c(-c2cccc(-c3cc(C(C)(C)C)cc4cccnc34)c2)nc2c(-c3ccccc3O)cccc21. The number of aromatic nitrogens is 3. The molecule has 0 aliphatic carbocycles. The van der Waals surface area contributed by atoms with E-state index in [1.807, 2.05) is 49.6 Å². The van der Waals surface area contributed by atoms with E-state index in [0.29, 0.717) is 0 Å². The molecule has 1 N–H and O–H groups in total. The van der Waals surface area contributed by atoms with E-state index in [0.717, 1.165) is 55.6 Å². The van der Waals surface area contributed by atoms with Crippen molar-refractivity contribution >= 4 is 21.9 Å². The van der Waals surface area contributed by atoms with Gasteiger partial charge in [0.25, 0.3) is 0 Å². The molecule has 0 unspecified atom stereocenters. The Labute approximate surface area is 216 Å². The van der Waals surface area contributed by atoms with Crippen molar-refractivity contribution in [1.29, 1.82) is 0 Å². The standard InChI is InChI=1S/C33H29N3O/c1-33(2,3)24-19-22-12-9-17-34-30(22)27(20-24)21-10-7-11-23(18-21)32-35-31-26(14-8-15-28(31)36(32)4)25-13-5-6-16-29(25)37/h5-20,37H,1-4H3. The summed E-state index contributed by atoms with van der Waals surface area (Å²) in [6.07, 6.45) is 1.86. The fourth-order valence-electron chi connectivity index (χ4n) is 5.06. The minimum atomic E-state index is 0.0210. The van der Waals surface area contributed by atoms with Gasteiger partial charge in [-0.05, 0) is 52.9 Å². The number of aryl methyl sites for hydroxylation is 1. The van der Waals surface area contributed by atoms with E-state index < -0.39 is 0 Å². The number of imidazole rings is 1. The van der Waals surface area contributed by atoms with E-state index in [1.54, 1.807) is 6.07 Å². The van der Waals surface area contributed by atoms with Gasteiger partial charge in [-0.25, -0.2) is 4.98 Å². The lowest BCUT2D eigenvalue weighted by Gasteiger charge is -2.21. The second-order valence-corrected chi connectivity index (χ2v) is 10.6. The van der Waals surface area contributed by atoms with E-state index >= 15 is 0 Å². The van der Waals surface area contributed by atoms with Crippen LogP contribution in [-0.2, 0) is 12.5 Å². The molecular formula is C33H29N3O. The van der Waals surface area contributed by atoms with Gasteiger partial charge in [0, 0.05) is 40.9 Å². The molecule has 2 aromatic heterocycles. The number of fused-ring (bicyclic) bond motifs is 2. The highest BCUT2D eigenvalue weighted by Crippen LogP contribution is 2.38. The summed E-state index contributed by atoms with van der Waals surface area (Å²) in [6.45, 7) is 6.73. The Hall–Kier alpha value is -4.44. The number of rotatable bonds is 3. The molecule has 2 heterocycles. The minimum Gasteiger partial charge on any atom is -0.507 e. The molecule has 0 saturated carbocycles. The van der Waals surface area contributed by atoms with Crippen LogP contribution >= 0.6 is 0 Å². The number of pyridine rings is 1. The van der Waals surface area contributed by atoms with Crippen molar-refractivity contribution in [3.63, 3.8) is 0 Å². The largest absolute Gasteiger partial charge is 0.507 e. The first-order valence-corrected chi connectivity index (χ1v) is 12.5. The van der Waals surface area contributed by atoms with Crippen molar-refractivity contribution in [2.75, 3.05) is 0 Å². The average Bonchev–Trinajstić information content (AvgIpc) is 3.24. The van der Waals surface area contributed by atoms with Gasteiger partial charge < -0.3 is 9.67 Å². The number of benzene rings is 4. The molecule has 4 heteroatoms. The Morgan fingerprint density at radius 2 is 1.46 bits per heavy atom. The van der Waals surface area contributed by atoms with Gasteiger partial charge >= 0.3 is 0 Å². The molecule has 0 spiro atoms. The second-order valence-electron chi connectivity index (χ2n) is 10.6. The average molecular weight is 484 g/mol. The molecule has 6 rings (SSSR count). The predicted octanol–water partition coefficient (Wildman–Crippen LogP) is 8.13. The number of nitrogens with zero attached hydrogens (tertiary/aromatic N) is 3. The Kier molecular flexibility index (Phi) is 5.34. The predicted molar refractivity (Wildman–Crippen MR) is 153 cm³/mol. The number of aromatic hydroxyl groups is 1. The minimum absolute atomic E-state index is 0.0210. The van der Waals surface area contributed by atoms with E-state index in [2.05, 4.69) is 73.9 Å². The molecule has 0 aliphatic rings. The van der Waals surface area contributed by atoms with E-state index in [4.69, 9.17) is 9.97 Å². The number of hydrogen-bond donors (Lipinski definition) is 1. The van der Waals surface area contributed by atoms with Gasteiger partial charge in [0.05, 0.1) is 16.6 Å². The maximum atomic E-state index is 10.5. The summed E-state index contributed by atoms with van der Waals surface area (Å²) in [6, 6.07) is 30.7. The zero-order chi connectivity index (χ0) is 25.7. The summed E-state index contributed by atoms with van der Waals surface area (Å²) in [5, 5.41) is 11.6. The highest BCUT2D eigenvalue weighted by Gasteiger charge is 2.19. The van der Waals surface area contributed by atoms with Crippen molar-refractivity contribution in [1.82, 2.24) is 14.5 Å². The monoisotopic (exact) mass is 483 g/mol. The van der Waals surface area contributed by atoms with Crippen LogP contribution in [0.2, 0.25) is 0 Å². The third kappa shape index (κ3) is 3.95. The van der Waals surface area contributed by atoms with Crippen molar-refractivity contribution in [3.8, 4) is 39.4 Å². The first kappa shape index (κ1) is 23.0. The molecular weight excluding hydrogens is 454 g/mol. The maximum Gasteiger partial charge on any atom is 0.140 e. The highest BCUT2D eigenvalue weighted by molar-refractivity contribution is 5.97. The quantitative estimate of drug-likeness (QED) is 0.276. The molecule has 37 heavy (non-hydrogen) atoms. The van der Waals surface area contributed by atoms with E-state index in [9.17, 15) is 5.11 Å². The van der Waals surface area contributed by atoms with Crippen LogP contribution < -0.4 is 0 Å². The van der Waals surface area contributed by atoms with Crippen LogP contribution in [-0.4, -0.2) is 19.6 Å². The fourth-order valence-corrected chi connectivity index (χ4v) is 5.06. The smallest absolute Gasteiger partial charge is 0.140 e. The Bertz CT molecular complexity index is 1790. The number of phenolic OH excluding ortho intramolecular Hbond substituents is 1. The summed E-state index contributed by atoms with van der Waals surface area (Å²) >= 11 is 0. The Balaban J connectivity index is 1.54. The van der Waals surface area contributed by atoms with Gasteiger partial charge in [0.2, 0.25) is 0 Å². The number of hydrogen-bond acceptors (Lipinski definition) is 3. The zero-order valence-electron chi connectivity index (χ0n) is 21.5. The maximum absolute atomic E-state index is 10.5. The topological polar surface area (TPSA) is 50.9 Å². The first-order chi connectivity index (χ1) is 17.8. The molecule has 0 saturated heterocycles. The lowest BCUT2D eigenvalue weighted by atomic mass is 9.84. The third-order valence-electron chi connectivity index (χ3n) is 7.11. The Morgan fingerprint density at radius 3 is 2.27 bits per heavy atom. The lowest BCUT2D eigenvalue weighted by Crippen LogP contribution is -2.11. The van der Waals surface area contributed by atoms with Crippen molar-refractivity contribution < 1.29 is 5.11 Å². The normalized spacial score (nSPS) is 11.9. The molecule has 6 aromatic rings. The van der Waals surface area contributed by atoms with Crippen LogP contribution in [0.3, 0.4) is 0 Å². The van der Waals surface area contributed by atoms with Gasteiger partial charge in [0.1, 0.15) is 11.6 Å². The van der Waals surface area contributed by atoms with E-state index in [1.165, 1.54) is 5.56 Å². The highest BCUT2D eigenvalue weighted by atomic mass is 16.3. The molecule has 4 nitrogen and oxygen atoms in total. The van der Waals surface area contributed by atoms with Crippen molar-refractivity contribution in [2.24, 2.45) is 7.05 Å².